The molecule has 0 spiro atoms. The molecule has 2 aliphatic rings. The molecule has 40 heavy (non-hydrogen) atoms. The number of halogens is 3. The van der Waals surface area contributed by atoms with E-state index in [0.29, 0.717) is 25.3 Å². The van der Waals surface area contributed by atoms with Gasteiger partial charge in [-0.1, -0.05) is 55.0 Å². The molecule has 1 aliphatic carbocycles. The van der Waals surface area contributed by atoms with Crippen molar-refractivity contribution in [3.63, 3.8) is 0 Å². The van der Waals surface area contributed by atoms with Crippen LogP contribution >= 0.6 is 0 Å². The average molecular weight is 560 g/mol. The quantitative estimate of drug-likeness (QED) is 0.368. The smallest absolute Gasteiger partial charge is 0.407 e. The summed E-state index contributed by atoms with van der Waals surface area (Å²) in [7, 11) is 0. The number of nitrogens with one attached hydrogen (secondary N) is 2. The molecule has 0 radical (unpaired) electrons. The zero-order valence-electron chi connectivity index (χ0n) is 23.6. The molecule has 4 rings (SSSR count). The van der Waals surface area contributed by atoms with Crippen LogP contribution in [0.25, 0.3) is 11.1 Å². The normalized spacial score (nSPS) is 18.5. The molecule has 2 aromatic rings. The van der Waals surface area contributed by atoms with Crippen LogP contribution in [0.3, 0.4) is 0 Å². The minimum Gasteiger partial charge on any atom is -0.444 e. The van der Waals surface area contributed by atoms with Crippen LogP contribution in [0.15, 0.2) is 48.5 Å². The number of nitrogens with zero attached hydrogens (tertiary/aromatic N) is 1. The first-order valence-electron chi connectivity index (χ1n) is 14.1. The van der Waals surface area contributed by atoms with Crippen LogP contribution in [0.1, 0.15) is 64.0 Å². The lowest BCUT2D eigenvalue weighted by Gasteiger charge is -2.34. The van der Waals surface area contributed by atoms with Crippen molar-refractivity contribution in [2.75, 3.05) is 32.7 Å². The number of benzene rings is 2. The van der Waals surface area contributed by atoms with Gasteiger partial charge >= 0.3 is 12.3 Å². The van der Waals surface area contributed by atoms with Gasteiger partial charge in [0.2, 0.25) is 5.91 Å². The Balaban J connectivity index is 1.40. The van der Waals surface area contributed by atoms with Crippen molar-refractivity contribution in [2.24, 2.45) is 5.92 Å². The summed E-state index contributed by atoms with van der Waals surface area (Å²) in [6.07, 6.45) is -0.923. The Morgan fingerprint density at radius 3 is 2.20 bits per heavy atom. The first-order valence-corrected chi connectivity index (χ1v) is 14.1. The highest BCUT2D eigenvalue weighted by Gasteiger charge is 2.49. The van der Waals surface area contributed by atoms with Crippen LogP contribution in [-0.2, 0) is 14.9 Å². The number of unbranched alkanes of at least 4 members (excludes halogenated alkanes) is 1. The standard InChI is InChI=1S/C31H40F3N3O3/c1-29(2,3)40-28(39)35-19-22-11-10-18-37(20-22)17-9-8-16-30(27(38)36-21-31(32,33)34)25-14-6-4-12-23(25)24-13-5-7-15-26(24)30/h4-7,12-15,22H,8-11,16-21H2,1-3H3,(H,35,39)(H,36,38). The number of alkyl halides is 3. The van der Waals surface area contributed by atoms with E-state index in [2.05, 4.69) is 15.5 Å². The van der Waals surface area contributed by atoms with E-state index in [9.17, 15) is 22.8 Å². The summed E-state index contributed by atoms with van der Waals surface area (Å²) in [4.78, 5) is 28.0. The SMILES string of the molecule is CC(C)(C)OC(=O)NCC1CCCN(CCCCC2(C(=O)NCC(F)(F)F)c3ccccc3-c3ccccc32)C1. The molecule has 9 heteroatoms. The second kappa shape index (κ2) is 12.2. The average Bonchev–Trinajstić information content (AvgIpc) is 3.18. The molecule has 1 saturated heterocycles. The largest absolute Gasteiger partial charge is 0.444 e. The van der Waals surface area contributed by atoms with Crippen LogP contribution < -0.4 is 10.6 Å². The molecule has 2 N–H and O–H groups in total. The van der Waals surface area contributed by atoms with Crippen molar-refractivity contribution in [3.8, 4) is 11.1 Å². The van der Waals surface area contributed by atoms with Gasteiger partial charge < -0.3 is 20.3 Å². The molecule has 1 atom stereocenters. The zero-order chi connectivity index (χ0) is 29.0. The highest BCUT2D eigenvalue weighted by molar-refractivity contribution is 6.00. The summed E-state index contributed by atoms with van der Waals surface area (Å²) >= 11 is 0. The van der Waals surface area contributed by atoms with Gasteiger partial charge in [0, 0.05) is 13.1 Å². The van der Waals surface area contributed by atoms with Crippen LogP contribution in [0.2, 0.25) is 0 Å². The van der Waals surface area contributed by atoms with Crippen molar-refractivity contribution < 1.29 is 27.5 Å². The number of amides is 2. The molecule has 2 amide bonds. The summed E-state index contributed by atoms with van der Waals surface area (Å²) in [5.41, 5.74) is 1.63. The Kier molecular flexibility index (Phi) is 9.12. The second-order valence-corrected chi connectivity index (χ2v) is 11.9. The van der Waals surface area contributed by atoms with Crippen molar-refractivity contribution in [3.05, 3.63) is 59.7 Å². The van der Waals surface area contributed by atoms with Gasteiger partial charge in [-0.15, -0.1) is 0 Å². The van der Waals surface area contributed by atoms with Gasteiger partial charge in [0.25, 0.3) is 0 Å². The lowest BCUT2D eigenvalue weighted by molar-refractivity contribution is -0.141. The number of hydrogen-bond donors (Lipinski definition) is 2. The Hall–Kier alpha value is -3.07. The predicted octanol–water partition coefficient (Wildman–Crippen LogP) is 6.04. The second-order valence-electron chi connectivity index (χ2n) is 11.9. The fraction of sp³-hybridized carbons (Fsp3) is 0.548. The maximum atomic E-state index is 13.6. The molecule has 0 aromatic heterocycles. The van der Waals surface area contributed by atoms with Crippen LogP contribution in [0, 0.1) is 5.92 Å². The maximum Gasteiger partial charge on any atom is 0.407 e. The first kappa shape index (κ1) is 29.9. The summed E-state index contributed by atoms with van der Waals surface area (Å²) < 4.78 is 44.6. The van der Waals surface area contributed by atoms with Crippen LogP contribution in [-0.4, -0.2) is 61.4 Å². The molecule has 0 bridgehead atoms. The summed E-state index contributed by atoms with van der Waals surface area (Å²) in [6.45, 7) is 7.36. The van der Waals surface area contributed by atoms with E-state index in [-0.39, 0.29) is 0 Å². The Labute approximate surface area is 234 Å². The number of rotatable bonds is 9. The fourth-order valence-corrected chi connectivity index (χ4v) is 6.07. The minimum absolute atomic E-state index is 0.328. The molecule has 2 aromatic carbocycles. The highest BCUT2D eigenvalue weighted by atomic mass is 19.4. The van der Waals surface area contributed by atoms with Crippen molar-refractivity contribution >= 4 is 12.0 Å². The molecule has 1 heterocycles. The number of piperidine rings is 1. The molecule has 1 aliphatic heterocycles. The van der Waals surface area contributed by atoms with Gasteiger partial charge in [0.1, 0.15) is 17.6 Å². The van der Waals surface area contributed by atoms with Gasteiger partial charge in [-0.2, -0.15) is 13.2 Å². The highest BCUT2D eigenvalue weighted by Crippen LogP contribution is 2.51. The number of carbonyl (C=O) groups is 2. The van der Waals surface area contributed by atoms with E-state index < -0.39 is 35.7 Å². The topological polar surface area (TPSA) is 70.7 Å². The lowest BCUT2D eigenvalue weighted by Crippen LogP contribution is -2.47. The molecular formula is C31H40F3N3O3. The van der Waals surface area contributed by atoms with E-state index in [0.717, 1.165) is 61.2 Å². The molecule has 1 unspecified atom stereocenters. The van der Waals surface area contributed by atoms with E-state index >= 15 is 0 Å². The third-order valence-corrected chi connectivity index (χ3v) is 7.71. The molecule has 6 nitrogen and oxygen atoms in total. The molecule has 0 saturated carbocycles. The van der Waals surface area contributed by atoms with E-state index in [1.54, 1.807) is 0 Å². The monoisotopic (exact) mass is 559 g/mol. The third kappa shape index (κ3) is 7.16. The minimum atomic E-state index is -4.49. The number of alkyl carbamates (subject to hydrolysis) is 1. The number of hydrogen-bond acceptors (Lipinski definition) is 4. The third-order valence-electron chi connectivity index (χ3n) is 7.71. The van der Waals surface area contributed by atoms with Crippen molar-refractivity contribution in [2.45, 2.75) is 70.1 Å². The summed E-state index contributed by atoms with van der Waals surface area (Å²) in [6, 6.07) is 15.1. The Morgan fingerprint density at radius 1 is 0.975 bits per heavy atom. The predicted molar refractivity (Wildman–Crippen MR) is 149 cm³/mol. The first-order chi connectivity index (χ1) is 18.9. The Bertz CT molecular complexity index is 1150. The van der Waals surface area contributed by atoms with E-state index in [1.165, 1.54) is 0 Å². The summed E-state index contributed by atoms with van der Waals surface area (Å²) in [5.74, 6) is -0.275. The van der Waals surface area contributed by atoms with E-state index in [1.807, 2.05) is 69.3 Å². The fourth-order valence-electron chi connectivity index (χ4n) is 6.07. The number of ether oxygens (including phenoxy) is 1. The Morgan fingerprint density at radius 2 is 1.60 bits per heavy atom. The van der Waals surface area contributed by atoms with E-state index in [4.69, 9.17) is 4.74 Å². The maximum absolute atomic E-state index is 13.6. The van der Waals surface area contributed by atoms with Crippen molar-refractivity contribution in [1.82, 2.24) is 15.5 Å². The molecular weight excluding hydrogens is 519 g/mol. The zero-order valence-corrected chi connectivity index (χ0v) is 23.6. The van der Waals surface area contributed by atoms with Gasteiger partial charge in [0.05, 0.1) is 0 Å². The van der Waals surface area contributed by atoms with Gasteiger partial charge in [-0.3, -0.25) is 4.79 Å². The van der Waals surface area contributed by atoms with Crippen LogP contribution in [0.4, 0.5) is 18.0 Å². The number of likely N-dealkylation sites (tertiary alicyclic amines) is 1. The number of carbonyl (C=O) groups excluding carboxylic acids is 2. The molecule has 218 valence electrons. The lowest BCUT2D eigenvalue weighted by atomic mass is 9.73. The molecule has 1 fully saturated rings. The van der Waals surface area contributed by atoms with Gasteiger partial charge in [-0.25, -0.2) is 4.79 Å². The van der Waals surface area contributed by atoms with Gasteiger partial charge in [0.15, 0.2) is 0 Å². The van der Waals surface area contributed by atoms with Gasteiger partial charge in [-0.05, 0) is 87.7 Å². The van der Waals surface area contributed by atoms with Crippen LogP contribution in [0.5, 0.6) is 0 Å². The summed E-state index contributed by atoms with van der Waals surface area (Å²) in [5, 5.41) is 5.08. The van der Waals surface area contributed by atoms with Crippen molar-refractivity contribution in [1.29, 1.82) is 0 Å². The number of fused-ring (bicyclic) bond motifs is 3.